The number of hydrogen-bond donors (Lipinski definition) is 2. The molecule has 130 valence electrons. The quantitative estimate of drug-likeness (QED) is 0.867. The molecule has 0 aromatic heterocycles. The predicted octanol–water partition coefficient (Wildman–Crippen LogP) is 3.91. The van der Waals surface area contributed by atoms with Crippen LogP contribution in [0.5, 0.6) is 0 Å². The first-order valence-corrected chi connectivity index (χ1v) is 8.46. The van der Waals surface area contributed by atoms with E-state index in [0.717, 1.165) is 23.2 Å². The summed E-state index contributed by atoms with van der Waals surface area (Å²) in [5.41, 5.74) is 3.04. The van der Waals surface area contributed by atoms with E-state index in [1.165, 1.54) is 12.1 Å². The molecule has 2 aromatic rings. The van der Waals surface area contributed by atoms with Gasteiger partial charge in [-0.25, -0.2) is 4.39 Å². The van der Waals surface area contributed by atoms with Crippen molar-refractivity contribution in [1.82, 2.24) is 0 Å². The van der Waals surface area contributed by atoms with Crippen molar-refractivity contribution >= 4 is 23.2 Å². The average molecular weight is 340 g/mol. The molecule has 2 atom stereocenters. The normalized spacial score (nSPS) is 18.5. The summed E-state index contributed by atoms with van der Waals surface area (Å²) in [7, 11) is 0. The first kappa shape index (κ1) is 17.1. The molecule has 3 rings (SSSR count). The second kappa shape index (κ2) is 7.05. The first-order valence-electron chi connectivity index (χ1n) is 8.46. The number of anilines is 2. The summed E-state index contributed by atoms with van der Waals surface area (Å²) < 4.78 is 13.6. The highest BCUT2D eigenvalue weighted by Gasteiger charge is 2.48. The smallest absolute Gasteiger partial charge is 0.228 e. The minimum Gasteiger partial charge on any atom is -0.325 e. The third kappa shape index (κ3) is 3.71. The molecule has 1 fully saturated rings. The number of halogens is 1. The Morgan fingerprint density at radius 3 is 2.40 bits per heavy atom. The second-order valence-electron chi connectivity index (χ2n) is 6.37. The average Bonchev–Trinajstić information content (AvgIpc) is 3.39. The zero-order valence-corrected chi connectivity index (χ0v) is 14.3. The van der Waals surface area contributed by atoms with E-state index in [4.69, 9.17) is 0 Å². The van der Waals surface area contributed by atoms with Crippen LogP contribution in [-0.4, -0.2) is 11.8 Å². The number of hydrogen-bond acceptors (Lipinski definition) is 2. The van der Waals surface area contributed by atoms with Crippen LogP contribution < -0.4 is 10.6 Å². The van der Waals surface area contributed by atoms with Crippen molar-refractivity contribution in [3.8, 4) is 0 Å². The van der Waals surface area contributed by atoms with E-state index in [1.807, 2.05) is 32.0 Å². The number of carbonyl (C=O) groups is 2. The van der Waals surface area contributed by atoms with Gasteiger partial charge in [-0.3, -0.25) is 9.59 Å². The Hall–Kier alpha value is -2.69. The molecule has 0 spiro atoms. The maximum atomic E-state index is 13.6. The van der Waals surface area contributed by atoms with E-state index in [-0.39, 0.29) is 23.4 Å². The number of benzene rings is 2. The van der Waals surface area contributed by atoms with E-state index in [0.29, 0.717) is 6.42 Å². The van der Waals surface area contributed by atoms with Gasteiger partial charge in [0.05, 0.1) is 17.5 Å². The van der Waals surface area contributed by atoms with Crippen molar-refractivity contribution < 1.29 is 14.0 Å². The molecule has 2 amide bonds. The zero-order valence-electron chi connectivity index (χ0n) is 14.3. The molecule has 25 heavy (non-hydrogen) atoms. The van der Waals surface area contributed by atoms with Crippen LogP contribution in [0.2, 0.25) is 0 Å². The Morgan fingerprint density at radius 1 is 1.04 bits per heavy atom. The van der Waals surface area contributed by atoms with Gasteiger partial charge in [-0.05, 0) is 43.0 Å². The fourth-order valence-electron chi connectivity index (χ4n) is 2.98. The third-order valence-corrected chi connectivity index (χ3v) is 4.58. The predicted molar refractivity (Wildman–Crippen MR) is 95.8 cm³/mol. The number of rotatable bonds is 5. The molecule has 0 radical (unpaired) electrons. The van der Waals surface area contributed by atoms with Gasteiger partial charge in [0, 0.05) is 5.69 Å². The van der Waals surface area contributed by atoms with Crippen LogP contribution in [0.3, 0.4) is 0 Å². The summed E-state index contributed by atoms with van der Waals surface area (Å²) in [6, 6.07) is 11.9. The maximum Gasteiger partial charge on any atom is 0.228 e. The molecule has 1 aliphatic carbocycles. The van der Waals surface area contributed by atoms with Crippen LogP contribution in [0.25, 0.3) is 0 Å². The van der Waals surface area contributed by atoms with Gasteiger partial charge in [0.1, 0.15) is 5.82 Å². The fraction of sp³-hybridized carbons (Fsp3) is 0.300. The van der Waals surface area contributed by atoms with Gasteiger partial charge < -0.3 is 10.6 Å². The van der Waals surface area contributed by atoms with Gasteiger partial charge in [-0.2, -0.15) is 0 Å². The minimum absolute atomic E-state index is 0.144. The van der Waals surface area contributed by atoms with Crippen molar-refractivity contribution in [3.05, 3.63) is 59.4 Å². The Morgan fingerprint density at radius 2 is 1.72 bits per heavy atom. The topological polar surface area (TPSA) is 58.2 Å². The highest BCUT2D eigenvalue weighted by atomic mass is 19.1. The molecule has 2 aromatic carbocycles. The number of aryl methyl sites for hydroxylation is 2. The number of amides is 2. The highest BCUT2D eigenvalue weighted by molar-refractivity contribution is 6.03. The monoisotopic (exact) mass is 340 g/mol. The lowest BCUT2D eigenvalue weighted by molar-refractivity contribution is -0.122. The van der Waals surface area contributed by atoms with Gasteiger partial charge in [-0.1, -0.05) is 37.3 Å². The van der Waals surface area contributed by atoms with E-state index < -0.39 is 11.7 Å². The van der Waals surface area contributed by atoms with Gasteiger partial charge >= 0.3 is 0 Å². The lowest BCUT2D eigenvalue weighted by Crippen LogP contribution is -2.21. The van der Waals surface area contributed by atoms with Crippen LogP contribution >= 0.6 is 0 Å². The van der Waals surface area contributed by atoms with Crippen LogP contribution in [0.4, 0.5) is 15.8 Å². The van der Waals surface area contributed by atoms with Crippen molar-refractivity contribution in [3.63, 3.8) is 0 Å². The minimum atomic E-state index is -0.481. The van der Waals surface area contributed by atoms with Crippen molar-refractivity contribution in [2.24, 2.45) is 11.8 Å². The van der Waals surface area contributed by atoms with E-state index >= 15 is 0 Å². The summed E-state index contributed by atoms with van der Waals surface area (Å²) in [5.74, 6) is -1.72. The second-order valence-corrected chi connectivity index (χ2v) is 6.37. The summed E-state index contributed by atoms with van der Waals surface area (Å²) >= 11 is 0. The summed E-state index contributed by atoms with van der Waals surface area (Å²) in [5, 5.41) is 5.52. The maximum absolute atomic E-state index is 13.6. The van der Waals surface area contributed by atoms with Crippen molar-refractivity contribution in [2.75, 3.05) is 10.6 Å². The van der Waals surface area contributed by atoms with Crippen LogP contribution in [0.15, 0.2) is 42.5 Å². The standard InChI is InChI=1S/C20H21FN2O2/c1-3-13-8-6-7-12(2)18(13)23-20(25)15-11-14(15)19(24)22-17-10-5-4-9-16(17)21/h4-10,14-15H,3,11H2,1-2H3,(H,22,24)(H,23,25). The molecular formula is C20H21FN2O2. The molecule has 1 saturated carbocycles. The van der Waals surface area contributed by atoms with E-state index in [2.05, 4.69) is 10.6 Å². The highest BCUT2D eigenvalue weighted by Crippen LogP contribution is 2.40. The Labute approximate surface area is 146 Å². The summed E-state index contributed by atoms with van der Waals surface area (Å²) in [6.45, 7) is 3.98. The number of nitrogens with one attached hydrogen (secondary N) is 2. The van der Waals surface area contributed by atoms with Gasteiger partial charge in [0.2, 0.25) is 11.8 Å². The van der Waals surface area contributed by atoms with Gasteiger partial charge in [-0.15, -0.1) is 0 Å². The number of para-hydroxylation sites is 2. The fourth-order valence-corrected chi connectivity index (χ4v) is 2.98. The van der Waals surface area contributed by atoms with Gasteiger partial charge in [0.25, 0.3) is 0 Å². The van der Waals surface area contributed by atoms with Crippen molar-refractivity contribution in [2.45, 2.75) is 26.7 Å². The van der Waals surface area contributed by atoms with E-state index in [9.17, 15) is 14.0 Å². The lowest BCUT2D eigenvalue weighted by Gasteiger charge is -2.13. The summed E-state index contributed by atoms with van der Waals surface area (Å²) in [4.78, 5) is 24.7. The molecule has 0 aliphatic heterocycles. The lowest BCUT2D eigenvalue weighted by atomic mass is 10.1. The SMILES string of the molecule is CCc1cccc(C)c1NC(=O)C1CC1C(=O)Nc1ccccc1F. The van der Waals surface area contributed by atoms with Crippen LogP contribution in [-0.2, 0) is 16.0 Å². The van der Waals surface area contributed by atoms with E-state index in [1.54, 1.807) is 12.1 Å². The molecule has 0 bridgehead atoms. The molecule has 1 aliphatic rings. The Kier molecular flexibility index (Phi) is 4.83. The molecule has 5 heteroatoms. The molecular weight excluding hydrogens is 319 g/mol. The molecule has 2 unspecified atom stereocenters. The van der Waals surface area contributed by atoms with Crippen LogP contribution in [0.1, 0.15) is 24.5 Å². The zero-order chi connectivity index (χ0) is 18.0. The molecule has 0 heterocycles. The molecule has 4 nitrogen and oxygen atoms in total. The largest absolute Gasteiger partial charge is 0.325 e. The summed E-state index contributed by atoms with van der Waals surface area (Å²) in [6.07, 6.45) is 1.30. The number of carbonyl (C=O) groups excluding carboxylic acids is 2. The molecule has 2 N–H and O–H groups in total. The Balaban J connectivity index is 1.63. The van der Waals surface area contributed by atoms with Gasteiger partial charge in [0.15, 0.2) is 0 Å². The Bertz CT molecular complexity index is 819. The van der Waals surface area contributed by atoms with Crippen LogP contribution in [0, 0.1) is 24.6 Å². The third-order valence-electron chi connectivity index (χ3n) is 4.58. The van der Waals surface area contributed by atoms with Crippen molar-refractivity contribution in [1.29, 1.82) is 0 Å². The molecule has 0 saturated heterocycles. The first-order chi connectivity index (χ1) is 12.0.